The predicted molar refractivity (Wildman–Crippen MR) is 82.9 cm³/mol. The van der Waals surface area contributed by atoms with Gasteiger partial charge in [-0.15, -0.1) is 0 Å². The normalized spacial score (nSPS) is 15.0. The highest BCUT2D eigenvalue weighted by atomic mass is 16.1. The molecule has 0 bridgehead atoms. The lowest BCUT2D eigenvalue weighted by Gasteiger charge is -2.13. The number of rotatable bonds is 6. The van der Waals surface area contributed by atoms with Gasteiger partial charge >= 0.3 is 5.69 Å². The highest BCUT2D eigenvalue weighted by molar-refractivity contribution is 5.67. The third-order valence-electron chi connectivity index (χ3n) is 3.83. The number of nitrogens with zero attached hydrogens (tertiary/aromatic N) is 3. The Balaban J connectivity index is 2.09. The van der Waals surface area contributed by atoms with E-state index in [-0.39, 0.29) is 11.6 Å². The number of imidazole rings is 1. The second-order valence-electron chi connectivity index (χ2n) is 6.19. The zero-order valence-corrected chi connectivity index (χ0v) is 12.9. The van der Waals surface area contributed by atoms with Gasteiger partial charge in [0, 0.05) is 19.0 Å². The zero-order valence-electron chi connectivity index (χ0n) is 12.9. The molecule has 1 aliphatic carbocycles. The molecule has 3 aliphatic rings. The summed E-state index contributed by atoms with van der Waals surface area (Å²) in [5.41, 5.74) is 0.690. The van der Waals surface area contributed by atoms with E-state index in [2.05, 4.69) is 41.0 Å². The molecule has 1 fully saturated rings. The van der Waals surface area contributed by atoms with Gasteiger partial charge in [0.1, 0.15) is 17.3 Å². The van der Waals surface area contributed by atoms with Gasteiger partial charge in [0.05, 0.1) is 0 Å². The SMILES string of the molecule is CCCNc1[nH]c(=O)n(CC2CC2)c2nc(C(C)C)nc1-2. The first-order valence-electron chi connectivity index (χ1n) is 7.84. The number of anilines is 1. The molecule has 6 nitrogen and oxygen atoms in total. The molecule has 0 saturated heterocycles. The van der Waals surface area contributed by atoms with Gasteiger partial charge in [-0.25, -0.2) is 14.8 Å². The van der Waals surface area contributed by atoms with Crippen molar-refractivity contribution in [3.63, 3.8) is 0 Å². The van der Waals surface area contributed by atoms with Crippen LogP contribution in [0.1, 0.15) is 51.8 Å². The van der Waals surface area contributed by atoms with Gasteiger partial charge in [-0.1, -0.05) is 20.8 Å². The maximum Gasteiger partial charge on any atom is 0.328 e. The molecule has 0 atom stereocenters. The van der Waals surface area contributed by atoms with E-state index in [1.54, 1.807) is 4.57 Å². The van der Waals surface area contributed by atoms with Crippen molar-refractivity contribution in [3.8, 4) is 11.5 Å². The Morgan fingerprint density at radius 3 is 2.76 bits per heavy atom. The molecule has 0 unspecified atom stereocenters. The summed E-state index contributed by atoms with van der Waals surface area (Å²) >= 11 is 0. The zero-order chi connectivity index (χ0) is 15.0. The van der Waals surface area contributed by atoms with Gasteiger partial charge in [0.25, 0.3) is 0 Å². The smallest absolute Gasteiger partial charge is 0.328 e. The van der Waals surface area contributed by atoms with Crippen LogP contribution in [0.5, 0.6) is 0 Å². The lowest BCUT2D eigenvalue weighted by Crippen LogP contribution is -2.28. The van der Waals surface area contributed by atoms with E-state index in [9.17, 15) is 4.79 Å². The average molecular weight is 289 g/mol. The molecule has 6 heteroatoms. The van der Waals surface area contributed by atoms with Crippen molar-refractivity contribution in [1.29, 1.82) is 0 Å². The number of hydrogen-bond acceptors (Lipinski definition) is 4. The second kappa shape index (κ2) is 5.50. The first-order valence-corrected chi connectivity index (χ1v) is 7.84. The molecule has 3 rings (SSSR count). The topological polar surface area (TPSA) is 75.6 Å². The summed E-state index contributed by atoms with van der Waals surface area (Å²) in [6.07, 6.45) is 3.40. The monoisotopic (exact) mass is 289 g/mol. The number of aromatic amines is 1. The lowest BCUT2D eigenvalue weighted by molar-refractivity contribution is 0.591. The number of hydrogen-bond donors (Lipinski definition) is 2. The molecule has 0 aromatic carbocycles. The van der Waals surface area contributed by atoms with Crippen molar-refractivity contribution < 1.29 is 0 Å². The van der Waals surface area contributed by atoms with E-state index in [1.807, 2.05) is 0 Å². The van der Waals surface area contributed by atoms with Crippen LogP contribution in [0.25, 0.3) is 11.5 Å². The summed E-state index contributed by atoms with van der Waals surface area (Å²) in [5, 5.41) is 3.26. The van der Waals surface area contributed by atoms with Gasteiger partial charge in [0.2, 0.25) is 0 Å². The first-order chi connectivity index (χ1) is 10.1. The third-order valence-corrected chi connectivity index (χ3v) is 3.83. The lowest BCUT2D eigenvalue weighted by atomic mass is 10.2. The van der Waals surface area contributed by atoms with Gasteiger partial charge in [-0.3, -0.25) is 9.55 Å². The number of fused-ring (bicyclic) bond motifs is 1. The Kier molecular flexibility index (Phi) is 3.69. The van der Waals surface area contributed by atoms with E-state index >= 15 is 0 Å². The summed E-state index contributed by atoms with van der Waals surface area (Å²) in [4.78, 5) is 24.5. The van der Waals surface area contributed by atoms with Crippen LogP contribution in [0.2, 0.25) is 0 Å². The fraction of sp³-hybridized carbons (Fsp3) is 0.667. The van der Waals surface area contributed by atoms with E-state index < -0.39 is 0 Å². The average Bonchev–Trinajstić information content (AvgIpc) is 3.15. The minimum Gasteiger partial charge on any atom is -0.370 e. The van der Waals surface area contributed by atoms with Crippen LogP contribution >= 0.6 is 0 Å². The predicted octanol–water partition coefficient (Wildman–Crippen LogP) is 2.43. The summed E-state index contributed by atoms with van der Waals surface area (Å²) < 4.78 is 1.75. The van der Waals surface area contributed by atoms with Crippen LogP contribution in [-0.2, 0) is 6.54 Å². The molecule has 2 heterocycles. The van der Waals surface area contributed by atoms with Crippen molar-refractivity contribution in [3.05, 3.63) is 16.3 Å². The molecule has 0 aromatic heterocycles. The molecule has 0 spiro atoms. The van der Waals surface area contributed by atoms with Crippen molar-refractivity contribution in [2.24, 2.45) is 5.92 Å². The van der Waals surface area contributed by atoms with E-state index in [1.165, 1.54) is 12.8 Å². The summed E-state index contributed by atoms with van der Waals surface area (Å²) in [6.45, 7) is 7.78. The molecular formula is C15H23N5O. The van der Waals surface area contributed by atoms with E-state index in [0.29, 0.717) is 17.6 Å². The van der Waals surface area contributed by atoms with Crippen molar-refractivity contribution in [1.82, 2.24) is 19.5 Å². The van der Waals surface area contributed by atoms with E-state index in [0.717, 1.165) is 31.0 Å². The standard InChI is InChI=1S/C15H23N5O/c1-4-7-16-13-11-14(18-12(17-11)9(2)3)20(15(21)19-13)8-10-5-6-10/h9-10,16H,4-8H2,1-3H3,(H,19,21). The van der Waals surface area contributed by atoms with Crippen LogP contribution < -0.4 is 11.0 Å². The van der Waals surface area contributed by atoms with Gasteiger partial charge < -0.3 is 5.32 Å². The highest BCUT2D eigenvalue weighted by Crippen LogP contribution is 2.33. The Bertz CT molecular complexity index is 653. The quantitative estimate of drug-likeness (QED) is 0.856. The fourth-order valence-electron chi connectivity index (χ4n) is 2.40. The number of nitrogens with one attached hydrogen (secondary N) is 2. The highest BCUT2D eigenvalue weighted by Gasteiger charge is 2.28. The Morgan fingerprint density at radius 2 is 2.14 bits per heavy atom. The molecule has 0 amide bonds. The number of H-pyrrole nitrogens is 1. The van der Waals surface area contributed by atoms with Crippen molar-refractivity contribution in [2.75, 3.05) is 11.9 Å². The van der Waals surface area contributed by atoms with Gasteiger partial charge in [-0.2, -0.15) is 0 Å². The minimum absolute atomic E-state index is 0.0943. The van der Waals surface area contributed by atoms with Crippen LogP contribution in [0, 0.1) is 5.92 Å². The molecule has 0 aromatic rings. The Morgan fingerprint density at radius 1 is 1.38 bits per heavy atom. The molecule has 0 radical (unpaired) electrons. The van der Waals surface area contributed by atoms with Crippen molar-refractivity contribution >= 4 is 5.82 Å². The van der Waals surface area contributed by atoms with Crippen LogP contribution in [0.15, 0.2) is 4.79 Å². The molecule has 1 saturated carbocycles. The van der Waals surface area contributed by atoms with Crippen molar-refractivity contribution in [2.45, 2.75) is 52.5 Å². The molecule has 21 heavy (non-hydrogen) atoms. The summed E-state index contributed by atoms with van der Waals surface area (Å²) in [5.74, 6) is 3.08. The van der Waals surface area contributed by atoms with Gasteiger partial charge in [-0.05, 0) is 25.2 Å². The molecule has 2 N–H and O–H groups in total. The van der Waals surface area contributed by atoms with Crippen LogP contribution in [0.4, 0.5) is 5.82 Å². The first kappa shape index (κ1) is 14.1. The second-order valence-corrected chi connectivity index (χ2v) is 6.19. The largest absolute Gasteiger partial charge is 0.370 e. The molecular weight excluding hydrogens is 266 g/mol. The Hall–Kier alpha value is -1.85. The molecule has 2 aliphatic heterocycles. The maximum absolute atomic E-state index is 12.4. The molecule has 114 valence electrons. The third kappa shape index (κ3) is 2.80. The van der Waals surface area contributed by atoms with Gasteiger partial charge in [0.15, 0.2) is 5.82 Å². The fourth-order valence-corrected chi connectivity index (χ4v) is 2.40. The van der Waals surface area contributed by atoms with Crippen LogP contribution in [0.3, 0.4) is 0 Å². The minimum atomic E-state index is -0.0943. The number of aromatic nitrogens is 4. The van der Waals surface area contributed by atoms with Crippen LogP contribution in [-0.4, -0.2) is 26.1 Å². The maximum atomic E-state index is 12.4. The summed E-state index contributed by atoms with van der Waals surface area (Å²) in [7, 11) is 0. The van der Waals surface area contributed by atoms with E-state index in [4.69, 9.17) is 0 Å². The summed E-state index contributed by atoms with van der Waals surface area (Å²) in [6, 6.07) is 0. The Labute approximate surface area is 124 Å².